The summed E-state index contributed by atoms with van der Waals surface area (Å²) >= 11 is 0. The summed E-state index contributed by atoms with van der Waals surface area (Å²) in [4.78, 5) is 15.6. The van der Waals surface area contributed by atoms with Crippen molar-refractivity contribution in [2.45, 2.75) is 44.8 Å². The molecule has 7 nitrogen and oxygen atoms in total. The number of carbonyl (C=O) groups excluding carboxylic acids is 1. The lowest BCUT2D eigenvalue weighted by atomic mass is 10.2. The molecule has 0 radical (unpaired) electrons. The number of carbonyl (C=O) groups is 1. The van der Waals surface area contributed by atoms with Gasteiger partial charge in [-0.2, -0.15) is 5.10 Å². The Morgan fingerprint density at radius 3 is 2.96 bits per heavy atom. The summed E-state index contributed by atoms with van der Waals surface area (Å²) in [5.41, 5.74) is 2.92. The number of hydrogen-bond acceptors (Lipinski definition) is 5. The largest absolute Gasteiger partial charge is 0.453 e. The summed E-state index contributed by atoms with van der Waals surface area (Å²) in [6, 6.07) is 8.82. The Labute approximate surface area is 147 Å². The van der Waals surface area contributed by atoms with Crippen molar-refractivity contribution in [3.8, 4) is 11.4 Å². The molecule has 1 amide bonds. The average molecular weight is 343 g/mol. The summed E-state index contributed by atoms with van der Waals surface area (Å²) in [5, 5.41) is 11.1. The monoisotopic (exact) mass is 343 g/mol. The molecule has 0 aromatic carbocycles. The van der Waals surface area contributed by atoms with Crippen LogP contribution in [0.2, 0.25) is 0 Å². The summed E-state index contributed by atoms with van der Waals surface area (Å²) in [6.45, 7) is 3.39. The molecule has 1 saturated carbocycles. The van der Waals surface area contributed by atoms with Gasteiger partial charge in [0.1, 0.15) is 0 Å². The number of methoxy groups -OCH3 is 1. The Kier molecular flexibility index (Phi) is 5.65. The molecular weight excluding hydrogens is 318 g/mol. The fraction of sp³-hybridized carbons (Fsp3) is 0.500. The third kappa shape index (κ3) is 4.79. The van der Waals surface area contributed by atoms with E-state index < -0.39 is 6.09 Å². The number of ether oxygens (including phenoxy) is 1. The van der Waals surface area contributed by atoms with Crippen LogP contribution in [-0.4, -0.2) is 40.6 Å². The molecule has 7 heteroatoms. The van der Waals surface area contributed by atoms with Gasteiger partial charge in [-0.05, 0) is 44.4 Å². The van der Waals surface area contributed by atoms with Crippen molar-refractivity contribution < 1.29 is 9.53 Å². The van der Waals surface area contributed by atoms with E-state index in [9.17, 15) is 4.79 Å². The maximum absolute atomic E-state index is 11.1. The number of amides is 1. The third-order valence-corrected chi connectivity index (χ3v) is 4.23. The van der Waals surface area contributed by atoms with Gasteiger partial charge in [0.15, 0.2) is 0 Å². The predicted molar refractivity (Wildman–Crippen MR) is 95.1 cm³/mol. The van der Waals surface area contributed by atoms with Gasteiger partial charge in [-0.15, -0.1) is 0 Å². The first-order valence-electron chi connectivity index (χ1n) is 8.74. The number of alkyl carbamates (subject to hydrolysis) is 1. The molecule has 2 heterocycles. The number of aryl methyl sites for hydroxylation is 1. The van der Waals surface area contributed by atoms with E-state index in [1.807, 2.05) is 22.9 Å². The average Bonchev–Trinajstić information content (AvgIpc) is 3.35. The van der Waals surface area contributed by atoms with Crippen molar-refractivity contribution in [1.82, 2.24) is 25.4 Å². The van der Waals surface area contributed by atoms with E-state index in [0.717, 1.165) is 23.5 Å². The number of hydrogen-bond donors (Lipinski definition) is 2. The van der Waals surface area contributed by atoms with Crippen molar-refractivity contribution in [1.29, 1.82) is 0 Å². The van der Waals surface area contributed by atoms with Gasteiger partial charge in [0.25, 0.3) is 0 Å². The van der Waals surface area contributed by atoms with E-state index in [1.165, 1.54) is 20.0 Å². The maximum atomic E-state index is 11.1. The van der Waals surface area contributed by atoms with Crippen LogP contribution < -0.4 is 10.6 Å². The lowest BCUT2D eigenvalue weighted by Crippen LogP contribution is -2.25. The van der Waals surface area contributed by atoms with Gasteiger partial charge in [0.2, 0.25) is 0 Å². The van der Waals surface area contributed by atoms with Crippen LogP contribution in [0, 0.1) is 0 Å². The van der Waals surface area contributed by atoms with Gasteiger partial charge < -0.3 is 15.4 Å². The second kappa shape index (κ2) is 8.11. The molecule has 1 aliphatic carbocycles. The zero-order chi connectivity index (χ0) is 17.6. The van der Waals surface area contributed by atoms with Crippen LogP contribution >= 0.6 is 0 Å². The fourth-order valence-corrected chi connectivity index (χ4v) is 2.72. The molecule has 1 aliphatic rings. The van der Waals surface area contributed by atoms with E-state index in [1.54, 1.807) is 6.20 Å². The molecule has 1 atom stereocenters. The summed E-state index contributed by atoms with van der Waals surface area (Å²) < 4.78 is 6.56. The van der Waals surface area contributed by atoms with E-state index in [0.29, 0.717) is 19.1 Å². The highest BCUT2D eigenvalue weighted by atomic mass is 16.5. The SMILES string of the molecule is COC(=O)NCCCn1nc(C(C)NC2CC2)cc1-c1ccccn1. The topological polar surface area (TPSA) is 81.1 Å². The second-order valence-electron chi connectivity index (χ2n) is 6.33. The molecule has 2 aromatic rings. The Bertz CT molecular complexity index is 697. The van der Waals surface area contributed by atoms with Crippen LogP contribution in [0.3, 0.4) is 0 Å². The number of nitrogens with zero attached hydrogens (tertiary/aromatic N) is 3. The lowest BCUT2D eigenvalue weighted by molar-refractivity contribution is 0.170. The van der Waals surface area contributed by atoms with Gasteiger partial charge in [-0.1, -0.05) is 6.07 Å². The normalized spacial score (nSPS) is 15.0. The molecule has 1 unspecified atom stereocenters. The summed E-state index contributed by atoms with van der Waals surface area (Å²) in [7, 11) is 1.36. The zero-order valence-electron chi connectivity index (χ0n) is 14.7. The predicted octanol–water partition coefficient (Wildman–Crippen LogP) is 2.50. The zero-order valence-corrected chi connectivity index (χ0v) is 14.7. The smallest absolute Gasteiger partial charge is 0.406 e. The van der Waals surface area contributed by atoms with Crippen LogP contribution in [-0.2, 0) is 11.3 Å². The van der Waals surface area contributed by atoms with E-state index in [4.69, 9.17) is 5.10 Å². The molecule has 1 fully saturated rings. The molecule has 0 spiro atoms. The molecule has 2 aromatic heterocycles. The van der Waals surface area contributed by atoms with Gasteiger partial charge in [0.05, 0.1) is 24.2 Å². The lowest BCUT2D eigenvalue weighted by Gasteiger charge is -2.10. The molecule has 3 rings (SSSR count). The highest BCUT2D eigenvalue weighted by molar-refractivity contribution is 5.66. The first-order valence-corrected chi connectivity index (χ1v) is 8.74. The minimum Gasteiger partial charge on any atom is -0.453 e. The molecule has 0 aliphatic heterocycles. The second-order valence-corrected chi connectivity index (χ2v) is 6.33. The Morgan fingerprint density at radius 2 is 2.28 bits per heavy atom. The Hall–Kier alpha value is -2.41. The van der Waals surface area contributed by atoms with Crippen molar-refractivity contribution in [3.05, 3.63) is 36.2 Å². The quantitative estimate of drug-likeness (QED) is 0.720. The Morgan fingerprint density at radius 1 is 1.44 bits per heavy atom. The number of aromatic nitrogens is 3. The summed E-state index contributed by atoms with van der Waals surface area (Å²) in [5.74, 6) is 0. The first kappa shape index (κ1) is 17.4. The number of pyridine rings is 1. The first-order chi connectivity index (χ1) is 12.2. The van der Waals surface area contributed by atoms with Gasteiger partial charge >= 0.3 is 6.09 Å². The summed E-state index contributed by atoms with van der Waals surface area (Å²) in [6.07, 6.45) is 4.64. The van der Waals surface area contributed by atoms with Crippen LogP contribution in [0.15, 0.2) is 30.5 Å². The van der Waals surface area contributed by atoms with Crippen molar-refractivity contribution in [2.24, 2.45) is 0 Å². The molecule has 0 saturated heterocycles. The van der Waals surface area contributed by atoms with Crippen LogP contribution in [0.1, 0.15) is 37.9 Å². The highest BCUT2D eigenvalue weighted by Gasteiger charge is 2.25. The van der Waals surface area contributed by atoms with Crippen LogP contribution in [0.5, 0.6) is 0 Å². The van der Waals surface area contributed by atoms with Gasteiger partial charge in [-0.25, -0.2) is 4.79 Å². The van der Waals surface area contributed by atoms with Gasteiger partial charge in [0, 0.05) is 31.4 Å². The standard InChI is InChI=1S/C18H25N5O2/c1-13(21-14-7-8-14)16-12-17(15-6-3-4-9-19-15)23(22-16)11-5-10-20-18(24)25-2/h3-4,6,9,12-14,21H,5,7-8,10-11H2,1-2H3,(H,20,24). The van der Waals surface area contributed by atoms with Crippen molar-refractivity contribution in [3.63, 3.8) is 0 Å². The van der Waals surface area contributed by atoms with Crippen LogP contribution in [0.25, 0.3) is 11.4 Å². The van der Waals surface area contributed by atoms with E-state index in [-0.39, 0.29) is 6.04 Å². The van der Waals surface area contributed by atoms with Crippen LogP contribution in [0.4, 0.5) is 4.79 Å². The Balaban J connectivity index is 1.71. The van der Waals surface area contributed by atoms with E-state index >= 15 is 0 Å². The molecule has 2 N–H and O–H groups in total. The molecular formula is C18H25N5O2. The molecule has 0 bridgehead atoms. The van der Waals surface area contributed by atoms with E-state index in [2.05, 4.69) is 33.3 Å². The minimum absolute atomic E-state index is 0.212. The van der Waals surface area contributed by atoms with Crippen molar-refractivity contribution in [2.75, 3.05) is 13.7 Å². The highest BCUT2D eigenvalue weighted by Crippen LogP contribution is 2.26. The van der Waals surface area contributed by atoms with Crippen molar-refractivity contribution >= 4 is 6.09 Å². The fourth-order valence-electron chi connectivity index (χ4n) is 2.72. The maximum Gasteiger partial charge on any atom is 0.406 e. The minimum atomic E-state index is -0.409. The molecule has 25 heavy (non-hydrogen) atoms. The third-order valence-electron chi connectivity index (χ3n) is 4.23. The van der Waals surface area contributed by atoms with Gasteiger partial charge in [-0.3, -0.25) is 9.67 Å². The number of nitrogens with one attached hydrogen (secondary N) is 2. The number of rotatable bonds is 8. The molecule has 134 valence electrons.